The highest BCUT2D eigenvalue weighted by Gasteiger charge is 2.25. The van der Waals surface area contributed by atoms with E-state index in [0.29, 0.717) is 31.6 Å². The van der Waals surface area contributed by atoms with E-state index in [0.717, 1.165) is 37.8 Å². The summed E-state index contributed by atoms with van der Waals surface area (Å²) < 4.78 is 0. The van der Waals surface area contributed by atoms with Crippen LogP contribution in [0.15, 0.2) is 24.3 Å². The van der Waals surface area contributed by atoms with Gasteiger partial charge >= 0.3 is 6.03 Å². The standard InChI is InChI=1S/C22H33N3O2/c1-17(2)16-18-8-10-19(11-9-18)21(26)24-12-5-13-25(15-14-24)22(27)23-20-6-3-4-7-20/h8-11,17,20H,3-7,12-16H2,1-2H3,(H,23,27). The maximum Gasteiger partial charge on any atom is 0.317 e. The minimum absolute atomic E-state index is 0.0363. The number of hydrogen-bond donors (Lipinski definition) is 1. The Labute approximate surface area is 163 Å². The number of benzene rings is 1. The first-order chi connectivity index (χ1) is 13.0. The first-order valence-electron chi connectivity index (χ1n) is 10.5. The van der Waals surface area contributed by atoms with Gasteiger partial charge in [0, 0.05) is 37.8 Å². The molecule has 1 aromatic carbocycles. The Hall–Kier alpha value is -2.04. The lowest BCUT2D eigenvalue weighted by Gasteiger charge is -2.24. The van der Waals surface area contributed by atoms with Gasteiger partial charge in [-0.2, -0.15) is 0 Å². The van der Waals surface area contributed by atoms with Gasteiger partial charge in [0.1, 0.15) is 0 Å². The molecule has 0 radical (unpaired) electrons. The van der Waals surface area contributed by atoms with E-state index in [4.69, 9.17) is 0 Å². The molecule has 0 unspecified atom stereocenters. The number of amides is 3. The Morgan fingerprint density at radius 3 is 2.26 bits per heavy atom. The van der Waals surface area contributed by atoms with Crippen molar-refractivity contribution in [3.8, 4) is 0 Å². The van der Waals surface area contributed by atoms with Crippen LogP contribution < -0.4 is 5.32 Å². The van der Waals surface area contributed by atoms with Gasteiger partial charge in [-0.1, -0.05) is 38.8 Å². The van der Waals surface area contributed by atoms with E-state index in [2.05, 4.69) is 31.3 Å². The molecule has 1 aliphatic heterocycles. The van der Waals surface area contributed by atoms with E-state index in [-0.39, 0.29) is 11.9 Å². The van der Waals surface area contributed by atoms with Gasteiger partial charge in [-0.3, -0.25) is 4.79 Å². The van der Waals surface area contributed by atoms with Gasteiger partial charge in [-0.25, -0.2) is 4.79 Å². The summed E-state index contributed by atoms with van der Waals surface area (Å²) in [4.78, 5) is 29.1. The van der Waals surface area contributed by atoms with Crippen LogP contribution in [0.5, 0.6) is 0 Å². The van der Waals surface area contributed by atoms with Crippen LogP contribution in [0, 0.1) is 5.92 Å². The zero-order valence-corrected chi connectivity index (χ0v) is 16.7. The molecule has 27 heavy (non-hydrogen) atoms. The number of nitrogens with zero attached hydrogens (tertiary/aromatic N) is 2. The Kier molecular flexibility index (Phi) is 6.75. The predicted octanol–water partition coefficient (Wildman–Crippen LogP) is 3.69. The first kappa shape index (κ1) is 19.7. The lowest BCUT2D eigenvalue weighted by Crippen LogP contribution is -2.45. The average molecular weight is 372 g/mol. The summed E-state index contributed by atoms with van der Waals surface area (Å²) in [6, 6.07) is 8.38. The Bertz CT molecular complexity index is 635. The van der Waals surface area contributed by atoms with E-state index in [1.54, 1.807) is 0 Å². The molecule has 5 nitrogen and oxygen atoms in total. The minimum Gasteiger partial charge on any atom is -0.337 e. The van der Waals surface area contributed by atoms with Gasteiger partial charge in [0.2, 0.25) is 0 Å². The highest BCUT2D eigenvalue weighted by molar-refractivity contribution is 5.94. The van der Waals surface area contributed by atoms with Gasteiger partial charge in [-0.15, -0.1) is 0 Å². The fraction of sp³-hybridized carbons (Fsp3) is 0.636. The van der Waals surface area contributed by atoms with Crippen LogP contribution in [0.1, 0.15) is 61.9 Å². The van der Waals surface area contributed by atoms with Crippen LogP contribution >= 0.6 is 0 Å². The summed E-state index contributed by atoms with van der Waals surface area (Å²) in [6.45, 7) is 7.03. The second-order valence-corrected chi connectivity index (χ2v) is 8.36. The van der Waals surface area contributed by atoms with E-state index in [9.17, 15) is 9.59 Å². The quantitative estimate of drug-likeness (QED) is 0.878. The maximum atomic E-state index is 12.8. The third-order valence-electron chi connectivity index (χ3n) is 5.60. The van der Waals surface area contributed by atoms with Gasteiger partial charge in [0.25, 0.3) is 5.91 Å². The summed E-state index contributed by atoms with van der Waals surface area (Å²) in [7, 11) is 0. The van der Waals surface area contributed by atoms with Crippen LogP contribution in [0.3, 0.4) is 0 Å². The fourth-order valence-corrected chi connectivity index (χ4v) is 4.10. The molecule has 5 heteroatoms. The van der Waals surface area contributed by atoms with Crippen molar-refractivity contribution >= 4 is 11.9 Å². The molecular weight excluding hydrogens is 338 g/mol. The highest BCUT2D eigenvalue weighted by atomic mass is 16.2. The molecule has 1 aromatic rings. The van der Waals surface area contributed by atoms with Gasteiger partial charge in [0.15, 0.2) is 0 Å². The van der Waals surface area contributed by atoms with Crippen molar-refractivity contribution in [2.45, 2.75) is 58.4 Å². The van der Waals surface area contributed by atoms with Crippen LogP contribution in [-0.4, -0.2) is 54.0 Å². The largest absolute Gasteiger partial charge is 0.337 e. The molecule has 148 valence electrons. The van der Waals surface area contributed by atoms with Crippen molar-refractivity contribution in [2.75, 3.05) is 26.2 Å². The van der Waals surface area contributed by atoms with E-state index in [1.807, 2.05) is 21.9 Å². The Morgan fingerprint density at radius 2 is 1.59 bits per heavy atom. The van der Waals surface area contributed by atoms with Crippen molar-refractivity contribution in [3.05, 3.63) is 35.4 Å². The van der Waals surface area contributed by atoms with Gasteiger partial charge in [-0.05, 0) is 49.3 Å². The first-order valence-corrected chi connectivity index (χ1v) is 10.5. The third kappa shape index (κ3) is 5.47. The molecule has 3 rings (SSSR count). The summed E-state index contributed by atoms with van der Waals surface area (Å²) in [5.74, 6) is 0.683. The van der Waals surface area contributed by atoms with Gasteiger partial charge < -0.3 is 15.1 Å². The Balaban J connectivity index is 1.53. The number of nitrogens with one attached hydrogen (secondary N) is 1. The topological polar surface area (TPSA) is 52.7 Å². The Morgan fingerprint density at radius 1 is 0.963 bits per heavy atom. The van der Waals surface area contributed by atoms with Crippen molar-refractivity contribution < 1.29 is 9.59 Å². The maximum absolute atomic E-state index is 12.8. The molecule has 2 aliphatic rings. The lowest BCUT2D eigenvalue weighted by atomic mass is 10.0. The van der Waals surface area contributed by atoms with Crippen molar-refractivity contribution in [2.24, 2.45) is 5.92 Å². The monoisotopic (exact) mass is 371 g/mol. The smallest absolute Gasteiger partial charge is 0.317 e. The number of carbonyl (C=O) groups excluding carboxylic acids is 2. The van der Waals surface area contributed by atoms with Crippen molar-refractivity contribution in [1.82, 2.24) is 15.1 Å². The van der Waals surface area contributed by atoms with E-state index < -0.39 is 0 Å². The average Bonchev–Trinajstić information content (AvgIpc) is 3.02. The summed E-state index contributed by atoms with van der Waals surface area (Å²) >= 11 is 0. The summed E-state index contributed by atoms with van der Waals surface area (Å²) in [6.07, 6.45) is 6.47. The van der Waals surface area contributed by atoms with Crippen LogP contribution in [-0.2, 0) is 6.42 Å². The number of rotatable bonds is 4. The normalized spacial score (nSPS) is 18.6. The fourth-order valence-electron chi connectivity index (χ4n) is 4.10. The zero-order chi connectivity index (χ0) is 19.2. The van der Waals surface area contributed by atoms with Crippen LogP contribution in [0.25, 0.3) is 0 Å². The molecule has 1 saturated carbocycles. The zero-order valence-electron chi connectivity index (χ0n) is 16.7. The second-order valence-electron chi connectivity index (χ2n) is 8.36. The van der Waals surface area contributed by atoms with Gasteiger partial charge in [0.05, 0.1) is 0 Å². The van der Waals surface area contributed by atoms with Crippen LogP contribution in [0.4, 0.5) is 4.79 Å². The summed E-state index contributed by atoms with van der Waals surface area (Å²) in [5, 5.41) is 3.16. The SMILES string of the molecule is CC(C)Cc1ccc(C(=O)N2CCCN(C(=O)NC3CCCC3)CC2)cc1. The van der Waals surface area contributed by atoms with Crippen LogP contribution in [0.2, 0.25) is 0 Å². The number of carbonyl (C=O) groups is 2. The molecule has 3 amide bonds. The minimum atomic E-state index is 0.0363. The van der Waals surface area contributed by atoms with E-state index >= 15 is 0 Å². The lowest BCUT2D eigenvalue weighted by molar-refractivity contribution is 0.0762. The molecule has 0 spiro atoms. The molecule has 0 aromatic heterocycles. The van der Waals surface area contributed by atoms with Crippen molar-refractivity contribution in [1.29, 1.82) is 0 Å². The second kappa shape index (κ2) is 9.25. The molecule has 2 fully saturated rings. The molecule has 1 heterocycles. The number of hydrogen-bond acceptors (Lipinski definition) is 2. The van der Waals surface area contributed by atoms with E-state index in [1.165, 1.54) is 18.4 Å². The molecule has 0 bridgehead atoms. The highest BCUT2D eigenvalue weighted by Crippen LogP contribution is 2.18. The van der Waals surface area contributed by atoms with Crippen molar-refractivity contribution in [3.63, 3.8) is 0 Å². The summed E-state index contributed by atoms with van der Waals surface area (Å²) in [5.41, 5.74) is 2.01. The predicted molar refractivity (Wildman–Crippen MR) is 108 cm³/mol. The molecule has 1 saturated heterocycles. The molecular formula is C22H33N3O2. The number of urea groups is 1. The molecule has 1 aliphatic carbocycles. The third-order valence-corrected chi connectivity index (χ3v) is 5.60. The molecule has 0 atom stereocenters. The molecule has 1 N–H and O–H groups in total.